The van der Waals surface area contributed by atoms with E-state index in [2.05, 4.69) is 10.5 Å². The molecule has 0 unspecified atom stereocenters. The zero-order valence-electron chi connectivity index (χ0n) is 12.2. The number of nitrogens with zero attached hydrogens (tertiary/aromatic N) is 2. The molecule has 0 fully saturated rings. The Balaban J connectivity index is 1.93. The fraction of sp³-hybridized carbons (Fsp3) is 0.250. The van der Waals surface area contributed by atoms with Crippen LogP contribution in [0.5, 0.6) is 5.75 Å². The maximum atomic E-state index is 11.8. The lowest BCUT2D eigenvalue weighted by Gasteiger charge is -2.06. The quantitative estimate of drug-likeness (QED) is 0.653. The summed E-state index contributed by atoms with van der Waals surface area (Å²) in [6, 6.07) is 11.4. The molecule has 0 aliphatic heterocycles. The van der Waals surface area contributed by atoms with E-state index < -0.39 is 0 Å². The van der Waals surface area contributed by atoms with Crippen molar-refractivity contribution in [2.75, 3.05) is 6.61 Å². The number of carbonyl (C=O) groups is 1. The SMILES string of the molecule is CCOc1ccccc1C=NNC(=O)Cc1cccn1C. The highest BCUT2D eigenvalue weighted by Crippen LogP contribution is 2.15. The molecule has 1 amide bonds. The van der Waals surface area contributed by atoms with Crippen LogP contribution < -0.4 is 10.2 Å². The van der Waals surface area contributed by atoms with Gasteiger partial charge in [-0.05, 0) is 31.2 Å². The highest BCUT2D eigenvalue weighted by Gasteiger charge is 2.04. The van der Waals surface area contributed by atoms with Gasteiger partial charge in [-0.1, -0.05) is 12.1 Å². The molecule has 1 aromatic carbocycles. The Morgan fingerprint density at radius 3 is 2.86 bits per heavy atom. The largest absolute Gasteiger partial charge is 0.493 e. The van der Waals surface area contributed by atoms with Crippen LogP contribution in [-0.2, 0) is 18.3 Å². The molecule has 110 valence electrons. The van der Waals surface area contributed by atoms with E-state index >= 15 is 0 Å². The minimum Gasteiger partial charge on any atom is -0.493 e. The van der Waals surface area contributed by atoms with Crippen molar-refractivity contribution in [1.29, 1.82) is 0 Å². The van der Waals surface area contributed by atoms with Gasteiger partial charge >= 0.3 is 0 Å². The molecule has 2 aromatic rings. The van der Waals surface area contributed by atoms with E-state index in [1.54, 1.807) is 6.21 Å². The predicted octanol–water partition coefficient (Wildman–Crippen LogP) is 2.12. The van der Waals surface area contributed by atoms with E-state index in [0.717, 1.165) is 17.0 Å². The number of amides is 1. The number of rotatable bonds is 6. The lowest BCUT2D eigenvalue weighted by Crippen LogP contribution is -2.20. The minimum absolute atomic E-state index is 0.151. The minimum atomic E-state index is -0.151. The van der Waals surface area contributed by atoms with Gasteiger partial charge in [-0.15, -0.1) is 0 Å². The zero-order chi connectivity index (χ0) is 15.1. The normalized spacial score (nSPS) is 10.8. The first-order valence-electron chi connectivity index (χ1n) is 6.84. The lowest BCUT2D eigenvalue weighted by atomic mass is 10.2. The molecule has 1 aromatic heterocycles. The number of hydrogen-bond donors (Lipinski definition) is 1. The maximum Gasteiger partial charge on any atom is 0.245 e. The summed E-state index contributed by atoms with van der Waals surface area (Å²) < 4.78 is 7.40. The molecule has 1 N–H and O–H groups in total. The van der Waals surface area contributed by atoms with Crippen LogP contribution in [0.3, 0.4) is 0 Å². The summed E-state index contributed by atoms with van der Waals surface area (Å²) in [5.41, 5.74) is 4.30. The summed E-state index contributed by atoms with van der Waals surface area (Å²) >= 11 is 0. The van der Waals surface area contributed by atoms with Crippen molar-refractivity contribution in [2.24, 2.45) is 12.1 Å². The van der Waals surface area contributed by atoms with Crippen LogP contribution >= 0.6 is 0 Å². The van der Waals surface area contributed by atoms with Gasteiger partial charge < -0.3 is 9.30 Å². The smallest absolute Gasteiger partial charge is 0.245 e. The number of nitrogens with one attached hydrogen (secondary N) is 1. The molecule has 0 radical (unpaired) electrons. The number of para-hydroxylation sites is 1. The van der Waals surface area contributed by atoms with E-state index in [9.17, 15) is 4.79 Å². The number of benzene rings is 1. The van der Waals surface area contributed by atoms with E-state index in [1.807, 2.05) is 61.1 Å². The molecular formula is C16H19N3O2. The third kappa shape index (κ3) is 4.21. The third-order valence-corrected chi connectivity index (χ3v) is 3.00. The molecule has 0 aliphatic carbocycles. The summed E-state index contributed by atoms with van der Waals surface area (Å²) in [5, 5.41) is 3.98. The molecular weight excluding hydrogens is 266 g/mol. The Morgan fingerprint density at radius 1 is 1.33 bits per heavy atom. The second-order valence-electron chi connectivity index (χ2n) is 4.55. The molecule has 0 aliphatic rings. The predicted molar refractivity (Wildman–Crippen MR) is 82.5 cm³/mol. The van der Waals surface area contributed by atoms with E-state index in [4.69, 9.17) is 4.74 Å². The maximum absolute atomic E-state index is 11.8. The lowest BCUT2D eigenvalue weighted by molar-refractivity contribution is -0.120. The highest BCUT2D eigenvalue weighted by molar-refractivity contribution is 5.85. The molecule has 0 atom stereocenters. The van der Waals surface area contributed by atoms with E-state index in [0.29, 0.717) is 13.0 Å². The van der Waals surface area contributed by atoms with Gasteiger partial charge in [0.25, 0.3) is 0 Å². The molecule has 2 rings (SSSR count). The average molecular weight is 285 g/mol. The van der Waals surface area contributed by atoms with Gasteiger partial charge in [0.1, 0.15) is 5.75 Å². The fourth-order valence-corrected chi connectivity index (χ4v) is 1.93. The van der Waals surface area contributed by atoms with Crippen LogP contribution in [0.1, 0.15) is 18.2 Å². The van der Waals surface area contributed by atoms with Crippen LogP contribution in [-0.4, -0.2) is 23.3 Å². The Morgan fingerprint density at radius 2 is 2.14 bits per heavy atom. The van der Waals surface area contributed by atoms with Crippen molar-refractivity contribution >= 4 is 12.1 Å². The second kappa shape index (κ2) is 7.28. The summed E-state index contributed by atoms with van der Waals surface area (Å²) in [5.74, 6) is 0.599. The molecule has 21 heavy (non-hydrogen) atoms. The van der Waals surface area contributed by atoms with Gasteiger partial charge in [-0.25, -0.2) is 5.43 Å². The molecule has 1 heterocycles. The molecule has 0 saturated carbocycles. The molecule has 0 bridgehead atoms. The summed E-state index contributed by atoms with van der Waals surface area (Å²) in [6.45, 7) is 2.51. The number of carbonyl (C=O) groups excluding carboxylic acids is 1. The van der Waals surface area contributed by atoms with E-state index in [1.165, 1.54) is 0 Å². The first kappa shape index (κ1) is 14.8. The number of aromatic nitrogens is 1. The van der Waals surface area contributed by atoms with Crippen molar-refractivity contribution < 1.29 is 9.53 Å². The average Bonchev–Trinajstić information content (AvgIpc) is 2.86. The first-order chi connectivity index (χ1) is 10.2. The third-order valence-electron chi connectivity index (χ3n) is 3.00. The van der Waals surface area contributed by atoms with Gasteiger partial charge in [0.2, 0.25) is 5.91 Å². The first-order valence-corrected chi connectivity index (χ1v) is 6.84. The number of ether oxygens (including phenoxy) is 1. The van der Waals surface area contributed by atoms with Gasteiger partial charge in [0, 0.05) is 24.5 Å². The monoisotopic (exact) mass is 285 g/mol. The molecule has 0 saturated heterocycles. The van der Waals surface area contributed by atoms with Crippen molar-refractivity contribution in [1.82, 2.24) is 9.99 Å². The van der Waals surface area contributed by atoms with Gasteiger partial charge in [0.15, 0.2) is 0 Å². The van der Waals surface area contributed by atoms with Gasteiger partial charge in [-0.2, -0.15) is 5.10 Å². The summed E-state index contributed by atoms with van der Waals surface area (Å²) in [7, 11) is 1.91. The second-order valence-corrected chi connectivity index (χ2v) is 4.55. The van der Waals surface area contributed by atoms with Gasteiger partial charge in [-0.3, -0.25) is 4.79 Å². The van der Waals surface area contributed by atoms with E-state index in [-0.39, 0.29) is 5.91 Å². The van der Waals surface area contributed by atoms with Crippen molar-refractivity contribution in [3.05, 3.63) is 53.9 Å². The van der Waals surface area contributed by atoms with Crippen molar-refractivity contribution in [2.45, 2.75) is 13.3 Å². The Kier molecular flexibility index (Phi) is 5.15. The molecule has 0 spiro atoms. The number of aryl methyl sites for hydroxylation is 1. The summed E-state index contributed by atoms with van der Waals surface area (Å²) in [6.07, 6.45) is 3.80. The zero-order valence-corrected chi connectivity index (χ0v) is 12.2. The van der Waals surface area contributed by atoms with Crippen LogP contribution in [0, 0.1) is 0 Å². The standard InChI is InChI=1S/C16H19N3O2/c1-3-21-15-9-5-4-7-13(15)12-17-18-16(20)11-14-8-6-10-19(14)2/h4-10,12H,3,11H2,1-2H3,(H,18,20). The Hall–Kier alpha value is -2.56. The van der Waals surface area contributed by atoms with Crippen LogP contribution in [0.4, 0.5) is 0 Å². The summed E-state index contributed by atoms with van der Waals surface area (Å²) in [4.78, 5) is 11.8. The number of hydrazone groups is 1. The Labute approximate surface area is 124 Å². The number of hydrogen-bond acceptors (Lipinski definition) is 3. The Bertz CT molecular complexity index is 632. The molecule has 5 nitrogen and oxygen atoms in total. The fourth-order valence-electron chi connectivity index (χ4n) is 1.93. The van der Waals surface area contributed by atoms with Crippen molar-refractivity contribution in [3.8, 4) is 5.75 Å². The van der Waals surface area contributed by atoms with Crippen molar-refractivity contribution in [3.63, 3.8) is 0 Å². The molecule has 5 heteroatoms. The topological polar surface area (TPSA) is 55.6 Å². The van der Waals surface area contributed by atoms with Crippen LogP contribution in [0.15, 0.2) is 47.7 Å². The van der Waals surface area contributed by atoms with Gasteiger partial charge in [0.05, 0.1) is 19.2 Å². The highest BCUT2D eigenvalue weighted by atomic mass is 16.5. The van der Waals surface area contributed by atoms with Crippen LogP contribution in [0.2, 0.25) is 0 Å². The van der Waals surface area contributed by atoms with Crippen LogP contribution in [0.25, 0.3) is 0 Å².